The molecule has 0 unspecified atom stereocenters. The van der Waals surface area contributed by atoms with Crippen molar-refractivity contribution in [1.82, 2.24) is 0 Å². The van der Waals surface area contributed by atoms with Gasteiger partial charge in [-0.05, 0) is 47.7 Å². The van der Waals surface area contributed by atoms with Crippen LogP contribution in [-0.4, -0.2) is 5.78 Å². The largest absolute Gasteiger partial charge is 0.289 e. The van der Waals surface area contributed by atoms with E-state index in [1.165, 1.54) is 4.88 Å². The van der Waals surface area contributed by atoms with E-state index in [9.17, 15) is 4.79 Å². The highest BCUT2D eigenvalue weighted by Crippen LogP contribution is 2.18. The Morgan fingerprint density at radius 2 is 2.07 bits per heavy atom. The molecule has 0 aliphatic rings. The van der Waals surface area contributed by atoms with Gasteiger partial charge >= 0.3 is 0 Å². The second-order valence-corrected chi connectivity index (χ2v) is 5.65. The zero-order valence-electron chi connectivity index (χ0n) is 8.16. The van der Waals surface area contributed by atoms with Gasteiger partial charge in [0.05, 0.1) is 0 Å². The molecule has 0 saturated carbocycles. The number of aryl methyl sites for hydroxylation is 1. The molecule has 0 bridgehead atoms. The van der Waals surface area contributed by atoms with E-state index in [-0.39, 0.29) is 5.78 Å². The quantitative estimate of drug-likeness (QED) is 0.604. The molecule has 0 atom stereocenters. The van der Waals surface area contributed by atoms with Gasteiger partial charge in [0.25, 0.3) is 0 Å². The third-order valence-corrected chi connectivity index (χ3v) is 3.61. The fraction of sp³-hybridized carbons (Fsp3) is 0.0833. The van der Waals surface area contributed by atoms with E-state index in [0.29, 0.717) is 0 Å². The smallest absolute Gasteiger partial charge is 0.193 e. The maximum atomic E-state index is 12.0. The molecule has 3 heteroatoms. The van der Waals surface area contributed by atoms with Crippen LogP contribution in [0.25, 0.3) is 0 Å². The Balaban J connectivity index is 2.36. The fourth-order valence-electron chi connectivity index (χ4n) is 1.36. The first-order valence-corrected chi connectivity index (χ1v) is 6.48. The molecule has 0 spiro atoms. The molecular formula is C12H9IOS. The Morgan fingerprint density at radius 3 is 2.67 bits per heavy atom. The summed E-state index contributed by atoms with van der Waals surface area (Å²) in [6.07, 6.45) is 0. The van der Waals surface area contributed by atoms with Crippen molar-refractivity contribution in [2.24, 2.45) is 0 Å². The maximum Gasteiger partial charge on any atom is 0.193 e. The number of hydrogen-bond acceptors (Lipinski definition) is 2. The lowest BCUT2D eigenvalue weighted by Crippen LogP contribution is -1.99. The minimum absolute atomic E-state index is 0.109. The number of halogens is 1. The average Bonchev–Trinajstić information content (AvgIpc) is 2.64. The van der Waals surface area contributed by atoms with Gasteiger partial charge in [0.1, 0.15) is 0 Å². The zero-order chi connectivity index (χ0) is 10.8. The van der Waals surface area contributed by atoms with E-state index in [0.717, 1.165) is 14.7 Å². The molecular weight excluding hydrogens is 319 g/mol. The summed E-state index contributed by atoms with van der Waals surface area (Å²) in [7, 11) is 0. The van der Waals surface area contributed by atoms with Crippen LogP contribution in [0.3, 0.4) is 0 Å². The number of rotatable bonds is 2. The Kier molecular flexibility index (Phi) is 3.21. The van der Waals surface area contributed by atoms with Gasteiger partial charge in [-0.15, -0.1) is 11.3 Å². The Morgan fingerprint density at radius 1 is 1.27 bits per heavy atom. The van der Waals surface area contributed by atoms with Gasteiger partial charge in [0, 0.05) is 25.0 Å². The van der Waals surface area contributed by atoms with E-state index in [1.807, 2.05) is 42.6 Å². The molecule has 0 saturated heterocycles. The lowest BCUT2D eigenvalue weighted by atomic mass is 10.1. The lowest BCUT2D eigenvalue weighted by molar-refractivity contribution is 0.103. The highest BCUT2D eigenvalue weighted by Gasteiger charge is 2.10. The molecule has 1 aromatic carbocycles. The number of carbonyl (C=O) groups excluding carboxylic acids is 1. The van der Waals surface area contributed by atoms with Crippen molar-refractivity contribution < 1.29 is 4.79 Å². The van der Waals surface area contributed by atoms with Crippen molar-refractivity contribution in [3.05, 3.63) is 55.3 Å². The van der Waals surface area contributed by atoms with Crippen LogP contribution in [0.15, 0.2) is 35.7 Å². The summed E-state index contributed by atoms with van der Waals surface area (Å²) in [6, 6.07) is 9.60. The monoisotopic (exact) mass is 328 g/mol. The average molecular weight is 328 g/mol. The van der Waals surface area contributed by atoms with Crippen LogP contribution in [0.1, 0.15) is 20.8 Å². The van der Waals surface area contributed by atoms with Crippen LogP contribution < -0.4 is 0 Å². The third kappa shape index (κ3) is 2.46. The van der Waals surface area contributed by atoms with Crippen molar-refractivity contribution >= 4 is 39.7 Å². The van der Waals surface area contributed by atoms with Crippen molar-refractivity contribution in [3.8, 4) is 0 Å². The standard InChI is InChI=1S/C12H9IOS/c1-8-5-10(7-15-8)12(14)9-3-2-4-11(13)6-9/h2-7H,1H3. The fourth-order valence-corrected chi connectivity index (χ4v) is 2.58. The molecule has 0 aliphatic heterocycles. The van der Waals surface area contributed by atoms with Gasteiger partial charge in [-0.25, -0.2) is 0 Å². The van der Waals surface area contributed by atoms with Crippen molar-refractivity contribution in [2.75, 3.05) is 0 Å². The Bertz CT molecular complexity index is 502. The van der Waals surface area contributed by atoms with Crippen LogP contribution in [-0.2, 0) is 0 Å². The summed E-state index contributed by atoms with van der Waals surface area (Å²) in [5, 5.41) is 1.91. The summed E-state index contributed by atoms with van der Waals surface area (Å²) >= 11 is 3.82. The number of carbonyl (C=O) groups is 1. The maximum absolute atomic E-state index is 12.0. The van der Waals surface area contributed by atoms with Crippen LogP contribution in [0.4, 0.5) is 0 Å². The van der Waals surface area contributed by atoms with Crippen molar-refractivity contribution in [3.63, 3.8) is 0 Å². The molecule has 1 heterocycles. The van der Waals surface area contributed by atoms with Gasteiger partial charge in [0.2, 0.25) is 0 Å². The Hall–Kier alpha value is -0.680. The SMILES string of the molecule is Cc1cc(C(=O)c2cccc(I)c2)cs1. The molecule has 1 aromatic heterocycles. The highest BCUT2D eigenvalue weighted by atomic mass is 127. The molecule has 2 aromatic rings. The number of benzene rings is 1. The lowest BCUT2D eigenvalue weighted by Gasteiger charge is -1.98. The first-order chi connectivity index (χ1) is 7.16. The van der Waals surface area contributed by atoms with Gasteiger partial charge in [-0.1, -0.05) is 12.1 Å². The second-order valence-electron chi connectivity index (χ2n) is 3.29. The minimum Gasteiger partial charge on any atom is -0.289 e. The van der Waals surface area contributed by atoms with Gasteiger partial charge in [0.15, 0.2) is 5.78 Å². The topological polar surface area (TPSA) is 17.1 Å². The number of hydrogen-bond donors (Lipinski definition) is 0. The molecule has 1 nitrogen and oxygen atoms in total. The van der Waals surface area contributed by atoms with Crippen LogP contribution in [0.2, 0.25) is 0 Å². The predicted octanol–water partition coefficient (Wildman–Crippen LogP) is 3.89. The summed E-state index contributed by atoms with van der Waals surface area (Å²) in [4.78, 5) is 13.2. The zero-order valence-corrected chi connectivity index (χ0v) is 11.1. The summed E-state index contributed by atoms with van der Waals surface area (Å²) in [5.74, 6) is 0.109. The van der Waals surface area contributed by atoms with Crippen molar-refractivity contribution in [1.29, 1.82) is 0 Å². The highest BCUT2D eigenvalue weighted by molar-refractivity contribution is 14.1. The minimum atomic E-state index is 0.109. The van der Waals surface area contributed by atoms with Gasteiger partial charge in [-0.3, -0.25) is 4.79 Å². The van der Waals surface area contributed by atoms with Gasteiger partial charge < -0.3 is 0 Å². The molecule has 0 amide bonds. The molecule has 0 fully saturated rings. The first-order valence-electron chi connectivity index (χ1n) is 4.52. The van der Waals surface area contributed by atoms with E-state index < -0.39 is 0 Å². The van der Waals surface area contributed by atoms with E-state index in [2.05, 4.69) is 22.6 Å². The normalized spacial score (nSPS) is 10.3. The second kappa shape index (κ2) is 4.45. The Labute approximate surface area is 106 Å². The third-order valence-electron chi connectivity index (χ3n) is 2.08. The molecule has 2 rings (SSSR count). The molecule has 15 heavy (non-hydrogen) atoms. The van der Waals surface area contributed by atoms with E-state index in [1.54, 1.807) is 11.3 Å². The number of thiophene rings is 1. The van der Waals surface area contributed by atoms with Gasteiger partial charge in [-0.2, -0.15) is 0 Å². The molecule has 0 radical (unpaired) electrons. The predicted molar refractivity (Wildman–Crippen MR) is 71.6 cm³/mol. The summed E-state index contributed by atoms with van der Waals surface area (Å²) < 4.78 is 1.09. The molecule has 76 valence electrons. The van der Waals surface area contributed by atoms with E-state index in [4.69, 9.17) is 0 Å². The van der Waals surface area contributed by atoms with Crippen LogP contribution in [0.5, 0.6) is 0 Å². The molecule has 0 aliphatic carbocycles. The number of ketones is 1. The summed E-state index contributed by atoms with van der Waals surface area (Å²) in [5.41, 5.74) is 1.55. The summed E-state index contributed by atoms with van der Waals surface area (Å²) in [6.45, 7) is 2.01. The first kappa shape index (κ1) is 10.8. The van der Waals surface area contributed by atoms with Crippen LogP contribution >= 0.6 is 33.9 Å². The van der Waals surface area contributed by atoms with Crippen molar-refractivity contribution in [2.45, 2.75) is 6.92 Å². The van der Waals surface area contributed by atoms with Crippen LogP contribution in [0, 0.1) is 10.5 Å². The van der Waals surface area contributed by atoms with E-state index >= 15 is 0 Å². The molecule has 0 N–H and O–H groups in total.